The summed E-state index contributed by atoms with van der Waals surface area (Å²) in [6.45, 7) is 11.4. The smallest absolute Gasteiger partial charge is 0.223 e. The molecule has 1 amide bonds. The van der Waals surface area contributed by atoms with Crippen LogP contribution in [0.15, 0.2) is 61.2 Å². The number of carbonyl (C=O) groups is 1. The fraction of sp³-hybridized carbons (Fsp3) is 0.320. The van der Waals surface area contributed by atoms with E-state index in [2.05, 4.69) is 67.9 Å². The van der Waals surface area contributed by atoms with E-state index in [9.17, 15) is 4.79 Å². The highest BCUT2D eigenvalue weighted by Crippen LogP contribution is 2.52. The van der Waals surface area contributed by atoms with Crippen LogP contribution in [-0.2, 0) is 10.2 Å². The highest BCUT2D eigenvalue weighted by atomic mass is 16.5. The van der Waals surface area contributed by atoms with Crippen molar-refractivity contribution < 1.29 is 9.53 Å². The van der Waals surface area contributed by atoms with E-state index in [1.807, 2.05) is 24.3 Å². The number of benzene rings is 2. The van der Waals surface area contributed by atoms with Crippen molar-refractivity contribution in [3.8, 4) is 5.75 Å². The molecule has 1 atom stereocenters. The second-order valence-electron chi connectivity index (χ2n) is 8.37. The standard InChI is InChI=1S/C25H28N2O2/c1-5-15-29-20-8-6-7-19(17-20)11-13-25-24(3,4)21-16-18(2)9-10-22(21)27(25)14-12-23(28)26-25/h5-11,13,16-17H,1,12,14-15H2,2-4H3,(H,26,28)/t25-/m1/s1. The van der Waals surface area contributed by atoms with Crippen LogP contribution >= 0.6 is 0 Å². The van der Waals surface area contributed by atoms with Crippen molar-refractivity contribution in [2.75, 3.05) is 18.1 Å². The Morgan fingerprint density at radius 3 is 2.86 bits per heavy atom. The molecule has 2 aliphatic rings. The number of hydrogen-bond donors (Lipinski definition) is 1. The molecule has 0 radical (unpaired) electrons. The third-order valence-electron chi connectivity index (χ3n) is 6.13. The third-order valence-corrected chi connectivity index (χ3v) is 6.13. The van der Waals surface area contributed by atoms with E-state index in [-0.39, 0.29) is 11.3 Å². The van der Waals surface area contributed by atoms with Gasteiger partial charge in [0.05, 0.1) is 0 Å². The molecule has 2 heterocycles. The summed E-state index contributed by atoms with van der Waals surface area (Å²) in [6, 6.07) is 14.5. The fourth-order valence-electron chi connectivity index (χ4n) is 4.55. The van der Waals surface area contributed by atoms with Crippen LogP contribution in [0.4, 0.5) is 5.69 Å². The van der Waals surface area contributed by atoms with E-state index < -0.39 is 5.66 Å². The van der Waals surface area contributed by atoms with Gasteiger partial charge in [0.25, 0.3) is 0 Å². The Morgan fingerprint density at radius 2 is 2.07 bits per heavy atom. The van der Waals surface area contributed by atoms with E-state index >= 15 is 0 Å². The molecule has 4 rings (SSSR count). The molecule has 4 heteroatoms. The summed E-state index contributed by atoms with van der Waals surface area (Å²) in [7, 11) is 0. The first-order valence-electron chi connectivity index (χ1n) is 10.1. The lowest BCUT2D eigenvalue weighted by Crippen LogP contribution is -2.68. The number of nitrogens with zero attached hydrogens (tertiary/aromatic N) is 1. The van der Waals surface area contributed by atoms with Crippen molar-refractivity contribution in [2.45, 2.75) is 38.3 Å². The summed E-state index contributed by atoms with van der Waals surface area (Å²) < 4.78 is 5.66. The van der Waals surface area contributed by atoms with Gasteiger partial charge in [0, 0.05) is 24.1 Å². The van der Waals surface area contributed by atoms with Crippen LogP contribution in [0.3, 0.4) is 0 Å². The first-order chi connectivity index (χ1) is 13.9. The van der Waals surface area contributed by atoms with Gasteiger partial charge in [0.1, 0.15) is 18.0 Å². The van der Waals surface area contributed by atoms with Crippen LogP contribution < -0.4 is 15.0 Å². The van der Waals surface area contributed by atoms with Crippen LogP contribution in [0.5, 0.6) is 5.75 Å². The second kappa shape index (κ2) is 7.11. The molecule has 0 saturated carbocycles. The molecule has 2 aromatic carbocycles. The number of aryl methyl sites for hydroxylation is 1. The molecule has 0 aromatic heterocycles. The molecule has 2 aromatic rings. The number of rotatable bonds is 5. The number of carbonyl (C=O) groups excluding carboxylic acids is 1. The van der Waals surface area contributed by atoms with Crippen molar-refractivity contribution in [2.24, 2.45) is 0 Å². The van der Waals surface area contributed by atoms with E-state index in [0.717, 1.165) is 11.3 Å². The normalized spacial score (nSPS) is 22.2. The average Bonchev–Trinajstić information content (AvgIpc) is 2.89. The average molecular weight is 389 g/mol. The zero-order valence-electron chi connectivity index (χ0n) is 17.4. The third kappa shape index (κ3) is 3.13. The monoisotopic (exact) mass is 388 g/mol. The molecule has 2 aliphatic heterocycles. The summed E-state index contributed by atoms with van der Waals surface area (Å²) >= 11 is 0. The van der Waals surface area contributed by atoms with Gasteiger partial charge < -0.3 is 15.0 Å². The van der Waals surface area contributed by atoms with Crippen LogP contribution in [0.2, 0.25) is 0 Å². The van der Waals surface area contributed by atoms with Crippen molar-refractivity contribution in [3.05, 3.63) is 77.9 Å². The second-order valence-corrected chi connectivity index (χ2v) is 8.37. The largest absolute Gasteiger partial charge is 0.490 e. The molecule has 0 spiro atoms. The van der Waals surface area contributed by atoms with Crippen LogP contribution in [0.1, 0.15) is 37.0 Å². The number of anilines is 1. The number of ether oxygens (including phenoxy) is 1. The zero-order chi connectivity index (χ0) is 20.6. The number of fused-ring (bicyclic) bond motifs is 3. The van der Waals surface area contributed by atoms with Crippen molar-refractivity contribution in [3.63, 3.8) is 0 Å². The summed E-state index contributed by atoms with van der Waals surface area (Å²) in [5, 5.41) is 3.32. The SMILES string of the molecule is C=CCOc1cccc(C=C[C@@]23NC(=O)CCN2c2ccc(C)cc2C3(C)C)c1. The van der Waals surface area contributed by atoms with Crippen molar-refractivity contribution in [1.29, 1.82) is 0 Å². The van der Waals surface area contributed by atoms with Gasteiger partial charge in [-0.05, 0) is 42.3 Å². The number of nitrogens with one attached hydrogen (secondary N) is 1. The summed E-state index contributed by atoms with van der Waals surface area (Å²) in [5.74, 6) is 0.894. The van der Waals surface area contributed by atoms with Crippen molar-refractivity contribution >= 4 is 17.7 Å². The quantitative estimate of drug-likeness (QED) is 0.762. The summed E-state index contributed by atoms with van der Waals surface area (Å²) in [4.78, 5) is 14.8. The minimum absolute atomic E-state index is 0.0894. The molecule has 150 valence electrons. The predicted octanol–water partition coefficient (Wildman–Crippen LogP) is 4.59. The molecular weight excluding hydrogens is 360 g/mol. The molecule has 0 unspecified atom stereocenters. The Kier molecular flexibility index (Phi) is 4.73. The molecule has 4 nitrogen and oxygen atoms in total. The molecule has 1 N–H and O–H groups in total. The maximum atomic E-state index is 12.5. The van der Waals surface area contributed by atoms with E-state index in [4.69, 9.17) is 4.74 Å². The van der Waals surface area contributed by atoms with E-state index in [0.29, 0.717) is 19.6 Å². The van der Waals surface area contributed by atoms with Gasteiger partial charge in [-0.3, -0.25) is 4.79 Å². The molecule has 29 heavy (non-hydrogen) atoms. The topological polar surface area (TPSA) is 41.6 Å². The lowest BCUT2D eigenvalue weighted by atomic mass is 9.74. The van der Waals surface area contributed by atoms with Crippen LogP contribution in [-0.4, -0.2) is 24.7 Å². The zero-order valence-corrected chi connectivity index (χ0v) is 17.4. The Hall–Kier alpha value is -3.01. The van der Waals surface area contributed by atoms with Gasteiger partial charge in [-0.25, -0.2) is 0 Å². The Bertz CT molecular complexity index is 992. The maximum Gasteiger partial charge on any atom is 0.223 e. The Labute approximate surface area is 172 Å². The minimum atomic E-state index is -0.601. The predicted molar refractivity (Wildman–Crippen MR) is 118 cm³/mol. The molecule has 1 fully saturated rings. The first kappa shape index (κ1) is 19.3. The van der Waals surface area contributed by atoms with Gasteiger partial charge in [0.15, 0.2) is 0 Å². The van der Waals surface area contributed by atoms with Gasteiger partial charge in [0.2, 0.25) is 5.91 Å². The maximum absolute atomic E-state index is 12.5. The highest BCUT2D eigenvalue weighted by molar-refractivity contribution is 5.84. The van der Waals surface area contributed by atoms with E-state index in [1.54, 1.807) is 6.08 Å². The minimum Gasteiger partial charge on any atom is -0.490 e. The van der Waals surface area contributed by atoms with Gasteiger partial charge in [-0.15, -0.1) is 0 Å². The molecular formula is C25H28N2O2. The highest BCUT2D eigenvalue weighted by Gasteiger charge is 2.57. The lowest BCUT2D eigenvalue weighted by molar-refractivity contribution is -0.124. The Morgan fingerprint density at radius 1 is 1.24 bits per heavy atom. The number of amides is 1. The summed E-state index contributed by atoms with van der Waals surface area (Å²) in [5.41, 5.74) is 3.85. The van der Waals surface area contributed by atoms with Crippen LogP contribution in [0.25, 0.3) is 6.08 Å². The van der Waals surface area contributed by atoms with E-state index in [1.165, 1.54) is 16.8 Å². The van der Waals surface area contributed by atoms with Crippen LogP contribution in [0, 0.1) is 6.92 Å². The molecule has 0 bridgehead atoms. The molecule has 1 saturated heterocycles. The number of hydrogen-bond acceptors (Lipinski definition) is 3. The van der Waals surface area contributed by atoms with Crippen molar-refractivity contribution in [1.82, 2.24) is 5.32 Å². The Balaban J connectivity index is 1.76. The van der Waals surface area contributed by atoms with Gasteiger partial charge >= 0.3 is 0 Å². The van der Waals surface area contributed by atoms with Gasteiger partial charge in [-0.2, -0.15) is 0 Å². The fourth-order valence-corrected chi connectivity index (χ4v) is 4.55. The molecule has 0 aliphatic carbocycles. The van der Waals surface area contributed by atoms with Gasteiger partial charge in [-0.1, -0.05) is 62.4 Å². The summed E-state index contributed by atoms with van der Waals surface area (Å²) in [6.07, 6.45) is 6.47. The lowest BCUT2D eigenvalue weighted by Gasteiger charge is -2.49. The first-order valence-corrected chi connectivity index (χ1v) is 10.1.